The van der Waals surface area contributed by atoms with E-state index in [2.05, 4.69) is 13.8 Å². The first-order valence-corrected chi connectivity index (χ1v) is 15.4. The summed E-state index contributed by atoms with van der Waals surface area (Å²) in [7, 11) is 1.24. The molecule has 5 atom stereocenters. The van der Waals surface area contributed by atoms with Crippen molar-refractivity contribution in [2.45, 2.75) is 60.8 Å². The number of Topliss-reactive ketones (excluding diaryl/α,β-unsaturated/α-hetero) is 2. The Balaban J connectivity index is 0.00000417. The van der Waals surface area contributed by atoms with Crippen LogP contribution in [0, 0.1) is 43.4 Å². The van der Waals surface area contributed by atoms with Gasteiger partial charge in [0.05, 0.1) is 7.11 Å². The molecule has 0 saturated carbocycles. The Bertz CT molecular complexity index is 1800. The third-order valence-corrected chi connectivity index (χ3v) is 9.94. The van der Waals surface area contributed by atoms with Crippen molar-refractivity contribution in [1.29, 1.82) is 0 Å². The van der Waals surface area contributed by atoms with Gasteiger partial charge in [0.25, 0.3) is 0 Å². The van der Waals surface area contributed by atoms with E-state index < -0.39 is 29.6 Å². The molecule has 0 aromatic carbocycles. The molecule has 11 heteroatoms. The second-order valence-electron chi connectivity index (χ2n) is 12.5. The summed E-state index contributed by atoms with van der Waals surface area (Å²) >= 11 is 0. The summed E-state index contributed by atoms with van der Waals surface area (Å²) in [5.74, 6) is -3.98. The topological polar surface area (TPSA) is 154 Å². The van der Waals surface area contributed by atoms with E-state index in [1.54, 1.807) is 0 Å². The molecule has 3 aliphatic heterocycles. The molecule has 2 aromatic heterocycles. The van der Waals surface area contributed by atoms with Crippen molar-refractivity contribution in [2.75, 3.05) is 7.11 Å². The fourth-order valence-electron chi connectivity index (χ4n) is 7.44. The van der Waals surface area contributed by atoms with Gasteiger partial charge in [-0.2, -0.15) is 22.8 Å². The number of methoxy groups -OCH3 is 1. The Morgan fingerprint density at radius 1 is 0.891 bits per heavy atom. The molecule has 236 valence electrons. The van der Waals surface area contributed by atoms with E-state index in [9.17, 15) is 24.3 Å². The zero-order chi connectivity index (χ0) is 32.5. The Hall–Kier alpha value is -3.83. The average Bonchev–Trinajstić information content (AvgIpc) is 3.72. The maximum absolute atomic E-state index is 14.0. The normalized spacial score (nSPS) is 29.4. The maximum Gasteiger partial charge on any atom is 2.00 e. The first-order valence-electron chi connectivity index (χ1n) is 15.4. The van der Waals surface area contributed by atoms with E-state index >= 15 is 0 Å². The van der Waals surface area contributed by atoms with E-state index in [1.165, 1.54) is 14.0 Å². The van der Waals surface area contributed by atoms with E-state index in [0.717, 1.165) is 17.8 Å². The minimum absolute atomic E-state index is 0. The minimum atomic E-state index is -1.26. The minimum Gasteiger partial charge on any atom is -0.664 e. The monoisotopic (exact) mass is 632 g/mol. The molecule has 2 fully saturated rings. The molecule has 1 aliphatic carbocycles. The number of ether oxygens (including phenoxy) is 1. The van der Waals surface area contributed by atoms with Crippen molar-refractivity contribution >= 4 is 70.4 Å². The van der Waals surface area contributed by atoms with Gasteiger partial charge in [0.1, 0.15) is 5.92 Å². The van der Waals surface area contributed by atoms with E-state index in [4.69, 9.17) is 25.3 Å². The van der Waals surface area contributed by atoms with Gasteiger partial charge in [-0.25, -0.2) is 0 Å². The van der Waals surface area contributed by atoms with Gasteiger partial charge >= 0.3 is 35.0 Å². The van der Waals surface area contributed by atoms with Gasteiger partial charge in [-0.1, -0.05) is 62.1 Å². The Morgan fingerprint density at radius 2 is 1.50 bits per heavy atom. The number of ketones is 2. The van der Waals surface area contributed by atoms with Crippen LogP contribution < -0.4 is 9.97 Å². The number of carboxylic acids is 1. The number of aromatic nitrogens is 2. The van der Waals surface area contributed by atoms with Crippen LogP contribution in [0.4, 0.5) is 0 Å². The Morgan fingerprint density at radius 3 is 2.13 bits per heavy atom. The standard InChI is InChI=1S/C35H39N4O6.Mg/c1-8-19-14(2)21-13-26-28(18(6)40)16(4)23(37-26)11-22-15(3)20(9-10-27(41)42)32(38-22)30-31(35(44)45-7)34(43)29-17(5)24(39-33(29)30)12-25(19)36-21;/h11-15,19-20,31H,8-10H2,1-7H3,(H4-,36,37,38,39,40,41,42,43);/q-1;+2/p-3/b22-11-,25-12-;/t14-,15+,19-,20+,31-;/m1./s1. The predicted molar refractivity (Wildman–Crippen MR) is 175 cm³/mol. The first-order chi connectivity index (χ1) is 21.4. The number of esters is 1. The number of carboxylic acid groups (broad SMARTS) is 1. The molecule has 0 amide bonds. The van der Waals surface area contributed by atoms with Crippen LogP contribution in [0.25, 0.3) is 34.4 Å². The van der Waals surface area contributed by atoms with Crippen molar-refractivity contribution in [1.82, 2.24) is 9.97 Å². The maximum atomic E-state index is 14.0. The summed E-state index contributed by atoms with van der Waals surface area (Å²) in [6.45, 7) is 11.4. The van der Waals surface area contributed by atoms with Crippen LogP contribution in [0.1, 0.15) is 102 Å². The van der Waals surface area contributed by atoms with Crippen molar-refractivity contribution < 1.29 is 29.0 Å². The quantitative estimate of drug-likeness (QED) is 0.175. The molecule has 2 saturated heterocycles. The smallest absolute Gasteiger partial charge is 0.664 e. The van der Waals surface area contributed by atoms with E-state index in [1.807, 2.05) is 39.0 Å². The van der Waals surface area contributed by atoms with Gasteiger partial charge in [0, 0.05) is 17.5 Å². The SMILES string of the molecule is CC[C@H]1/C2=C/c3[n-]c4c(c3C)C(=O)[C@H](C(=O)OC)/C4=C3/[N-]/C(=C\c4[n-]c(c(C(C)=O)c4C)/C=C(\[N-]2)[C@@H]1C)[C@@H](C)[C@@H]3CCC(=O)O.[Mg+2]. The molecule has 0 unspecified atom stereocenters. The molecule has 1 N–H and O–H groups in total. The number of rotatable bonds is 6. The van der Waals surface area contributed by atoms with Crippen molar-refractivity contribution in [2.24, 2.45) is 29.6 Å². The molecule has 5 heterocycles. The van der Waals surface area contributed by atoms with Gasteiger partial charge in [0.2, 0.25) is 0 Å². The third kappa shape index (κ3) is 5.17. The fourth-order valence-corrected chi connectivity index (χ4v) is 7.44. The van der Waals surface area contributed by atoms with Crippen LogP contribution in [0.2, 0.25) is 0 Å². The van der Waals surface area contributed by atoms with Crippen LogP contribution >= 0.6 is 0 Å². The molecular formula is C35H36MgN4O6-2. The summed E-state index contributed by atoms with van der Waals surface area (Å²) in [5.41, 5.74) is 7.44. The number of allylic oxidation sites excluding steroid dienone is 4. The number of nitrogens with zero attached hydrogens (tertiary/aromatic N) is 4. The predicted octanol–water partition coefficient (Wildman–Crippen LogP) is 6.03. The average molecular weight is 633 g/mol. The van der Waals surface area contributed by atoms with Crippen LogP contribution in [0.3, 0.4) is 0 Å². The summed E-state index contributed by atoms with van der Waals surface area (Å²) < 4.78 is 5.11. The Labute approximate surface area is 284 Å². The van der Waals surface area contributed by atoms with E-state index in [-0.39, 0.29) is 59.4 Å². The van der Waals surface area contributed by atoms with Crippen molar-refractivity contribution in [3.05, 3.63) is 78.5 Å². The summed E-state index contributed by atoms with van der Waals surface area (Å²) in [4.78, 5) is 61.6. The van der Waals surface area contributed by atoms with E-state index in [0.29, 0.717) is 62.0 Å². The molecule has 10 nitrogen and oxygen atoms in total. The number of aliphatic carboxylic acids is 1. The molecule has 4 aliphatic rings. The second kappa shape index (κ2) is 12.4. The van der Waals surface area contributed by atoms with Crippen molar-refractivity contribution in [3.8, 4) is 0 Å². The van der Waals surface area contributed by atoms with Crippen molar-refractivity contribution in [3.63, 3.8) is 0 Å². The summed E-state index contributed by atoms with van der Waals surface area (Å²) in [6, 6.07) is 0. The molecule has 0 spiro atoms. The van der Waals surface area contributed by atoms with Crippen LogP contribution in [-0.4, -0.2) is 58.8 Å². The molecule has 6 rings (SSSR count). The van der Waals surface area contributed by atoms with Crippen LogP contribution in [0.5, 0.6) is 0 Å². The van der Waals surface area contributed by atoms with Gasteiger partial charge in [-0.3, -0.25) is 19.2 Å². The molecule has 8 bridgehead atoms. The Kier molecular flexibility index (Phi) is 9.04. The first kappa shape index (κ1) is 33.5. The molecule has 0 radical (unpaired) electrons. The number of hydrogen-bond donors (Lipinski definition) is 1. The fraction of sp³-hybridized carbons (Fsp3) is 0.429. The molecule has 2 aromatic rings. The number of hydrogen-bond acceptors (Lipinski definition) is 5. The zero-order valence-corrected chi connectivity index (χ0v) is 28.6. The van der Waals surface area contributed by atoms with Crippen LogP contribution in [0.15, 0.2) is 22.8 Å². The number of carbonyl (C=O) groups is 4. The number of fused-ring (bicyclic) bond motifs is 7. The van der Waals surface area contributed by atoms with Gasteiger partial charge < -0.3 is 30.4 Å². The third-order valence-electron chi connectivity index (χ3n) is 9.94. The number of carbonyl (C=O) groups excluding carboxylic acids is 3. The second-order valence-corrected chi connectivity index (χ2v) is 12.5. The van der Waals surface area contributed by atoms with Crippen LogP contribution in [-0.2, 0) is 14.3 Å². The summed E-state index contributed by atoms with van der Waals surface area (Å²) in [5, 5.41) is 19.6. The molecular weight excluding hydrogens is 597 g/mol. The largest absolute Gasteiger partial charge is 2.00 e. The molecule has 46 heavy (non-hydrogen) atoms. The summed E-state index contributed by atoms with van der Waals surface area (Å²) in [6.07, 6.45) is 6.57. The van der Waals surface area contributed by atoms with Gasteiger partial charge in [0.15, 0.2) is 11.6 Å². The van der Waals surface area contributed by atoms with Gasteiger partial charge in [-0.05, 0) is 50.9 Å². The van der Waals surface area contributed by atoms with Gasteiger partial charge in [-0.15, -0.1) is 22.8 Å². The zero-order valence-electron chi connectivity index (χ0n) is 27.2.